The van der Waals surface area contributed by atoms with Crippen LogP contribution in [0.2, 0.25) is 0 Å². The summed E-state index contributed by atoms with van der Waals surface area (Å²) in [5, 5.41) is 6.71. The lowest BCUT2D eigenvalue weighted by Gasteiger charge is -2.22. The van der Waals surface area contributed by atoms with E-state index in [1.807, 2.05) is 30.3 Å². The molecule has 1 fully saturated rings. The number of hydrogen-bond donors (Lipinski definition) is 1. The standard InChI is InChI=1S/C16H20N4O3/c1-22-13-7-14(16-17-11-18-19-16)20(8-13)15(21)10-23-9-12-5-3-2-4-6-12/h2-6,11,13-14H,7-10H2,1H3,(H,17,18,19)/t13-,14+/m1/s1. The molecule has 23 heavy (non-hydrogen) atoms. The first-order valence-electron chi connectivity index (χ1n) is 7.57. The molecule has 0 unspecified atom stereocenters. The molecule has 1 amide bonds. The van der Waals surface area contributed by atoms with Gasteiger partial charge in [-0.1, -0.05) is 30.3 Å². The van der Waals surface area contributed by atoms with E-state index in [1.54, 1.807) is 12.0 Å². The van der Waals surface area contributed by atoms with Gasteiger partial charge in [0, 0.05) is 20.1 Å². The smallest absolute Gasteiger partial charge is 0.249 e. The number of hydrogen-bond acceptors (Lipinski definition) is 5. The average Bonchev–Trinajstić information content (AvgIpc) is 3.24. The van der Waals surface area contributed by atoms with E-state index in [4.69, 9.17) is 9.47 Å². The van der Waals surface area contributed by atoms with Crippen LogP contribution in [0.5, 0.6) is 0 Å². The monoisotopic (exact) mass is 316 g/mol. The van der Waals surface area contributed by atoms with E-state index in [1.165, 1.54) is 6.33 Å². The number of H-pyrrole nitrogens is 1. The molecule has 1 saturated heterocycles. The second-order valence-corrected chi connectivity index (χ2v) is 5.50. The van der Waals surface area contributed by atoms with Crippen molar-refractivity contribution in [2.75, 3.05) is 20.3 Å². The molecule has 1 N–H and O–H groups in total. The lowest BCUT2D eigenvalue weighted by molar-refractivity contribution is -0.138. The zero-order chi connectivity index (χ0) is 16.1. The minimum absolute atomic E-state index is 0.00294. The molecule has 1 aromatic carbocycles. The van der Waals surface area contributed by atoms with Crippen LogP contribution < -0.4 is 0 Å². The van der Waals surface area contributed by atoms with Crippen LogP contribution in [0.3, 0.4) is 0 Å². The van der Waals surface area contributed by atoms with E-state index in [0.717, 1.165) is 5.56 Å². The maximum Gasteiger partial charge on any atom is 0.249 e. The highest BCUT2D eigenvalue weighted by atomic mass is 16.5. The molecule has 7 nitrogen and oxygen atoms in total. The number of ether oxygens (including phenoxy) is 2. The number of carbonyl (C=O) groups is 1. The molecule has 2 heterocycles. The summed E-state index contributed by atoms with van der Waals surface area (Å²) in [7, 11) is 1.65. The second-order valence-electron chi connectivity index (χ2n) is 5.50. The lowest BCUT2D eigenvalue weighted by Crippen LogP contribution is -2.35. The van der Waals surface area contributed by atoms with Gasteiger partial charge in [-0.3, -0.25) is 9.89 Å². The van der Waals surface area contributed by atoms with Gasteiger partial charge in [-0.2, -0.15) is 5.10 Å². The molecule has 1 aliphatic heterocycles. The molecule has 2 aromatic rings. The van der Waals surface area contributed by atoms with E-state index in [9.17, 15) is 4.79 Å². The van der Waals surface area contributed by atoms with Gasteiger partial charge < -0.3 is 14.4 Å². The Morgan fingerprint density at radius 3 is 2.91 bits per heavy atom. The summed E-state index contributed by atoms with van der Waals surface area (Å²) in [6.45, 7) is 0.993. The highest BCUT2D eigenvalue weighted by Gasteiger charge is 2.37. The van der Waals surface area contributed by atoms with Crippen LogP contribution in [0.1, 0.15) is 23.9 Å². The number of likely N-dealkylation sites (tertiary alicyclic amines) is 1. The van der Waals surface area contributed by atoms with Crippen LogP contribution in [-0.4, -0.2) is 52.4 Å². The molecule has 0 bridgehead atoms. The molecule has 0 radical (unpaired) electrons. The lowest BCUT2D eigenvalue weighted by atomic mass is 10.2. The van der Waals surface area contributed by atoms with Crippen molar-refractivity contribution in [3.8, 4) is 0 Å². The van der Waals surface area contributed by atoms with Gasteiger partial charge in [0.1, 0.15) is 18.8 Å². The van der Waals surface area contributed by atoms with Crippen molar-refractivity contribution in [2.45, 2.75) is 25.2 Å². The minimum atomic E-state index is -0.143. The highest BCUT2D eigenvalue weighted by Crippen LogP contribution is 2.31. The third-order valence-electron chi connectivity index (χ3n) is 4.00. The normalized spacial score (nSPS) is 20.8. The van der Waals surface area contributed by atoms with Crippen molar-refractivity contribution in [2.24, 2.45) is 0 Å². The molecule has 0 aliphatic carbocycles. The van der Waals surface area contributed by atoms with Crippen LogP contribution >= 0.6 is 0 Å². The maximum absolute atomic E-state index is 12.5. The third-order valence-corrected chi connectivity index (χ3v) is 4.00. The summed E-state index contributed by atoms with van der Waals surface area (Å²) >= 11 is 0. The fourth-order valence-electron chi connectivity index (χ4n) is 2.79. The van der Waals surface area contributed by atoms with Crippen LogP contribution in [0.25, 0.3) is 0 Å². The second kappa shape index (κ2) is 7.34. The van der Waals surface area contributed by atoms with Crippen molar-refractivity contribution in [3.05, 3.63) is 48.0 Å². The predicted octanol–water partition coefficient (Wildman–Crippen LogP) is 1.31. The quantitative estimate of drug-likeness (QED) is 0.869. The van der Waals surface area contributed by atoms with Crippen molar-refractivity contribution in [3.63, 3.8) is 0 Å². The summed E-state index contributed by atoms with van der Waals surface area (Å²) in [6.07, 6.45) is 2.16. The number of rotatable bonds is 6. The fraction of sp³-hybridized carbons (Fsp3) is 0.438. The summed E-state index contributed by atoms with van der Waals surface area (Å²) < 4.78 is 10.9. The van der Waals surface area contributed by atoms with Gasteiger partial charge in [0.05, 0.1) is 18.8 Å². The Balaban J connectivity index is 1.58. The first kappa shape index (κ1) is 15.6. The predicted molar refractivity (Wildman–Crippen MR) is 82.3 cm³/mol. The van der Waals surface area contributed by atoms with Crippen molar-refractivity contribution in [1.29, 1.82) is 0 Å². The Morgan fingerprint density at radius 2 is 2.22 bits per heavy atom. The van der Waals surface area contributed by atoms with E-state index in [0.29, 0.717) is 25.4 Å². The average molecular weight is 316 g/mol. The van der Waals surface area contributed by atoms with E-state index in [-0.39, 0.29) is 24.7 Å². The van der Waals surface area contributed by atoms with Crippen LogP contribution in [-0.2, 0) is 20.9 Å². The Bertz CT molecular complexity index is 618. The van der Waals surface area contributed by atoms with E-state index >= 15 is 0 Å². The Labute approximate surface area is 134 Å². The summed E-state index contributed by atoms with van der Waals surface area (Å²) in [4.78, 5) is 18.4. The van der Waals surface area contributed by atoms with E-state index in [2.05, 4.69) is 15.2 Å². The Kier molecular flexibility index (Phi) is 4.99. The molecule has 1 aliphatic rings. The topological polar surface area (TPSA) is 80.3 Å². The van der Waals surface area contributed by atoms with Gasteiger partial charge in [-0.05, 0) is 5.56 Å². The SMILES string of the molecule is CO[C@@H]1C[C@@H](c2ncn[nH]2)N(C(=O)COCc2ccccc2)C1. The molecule has 3 rings (SSSR count). The van der Waals surface area contributed by atoms with Crippen molar-refractivity contribution < 1.29 is 14.3 Å². The summed E-state index contributed by atoms with van der Waals surface area (Å²) in [6, 6.07) is 9.65. The maximum atomic E-state index is 12.5. The van der Waals surface area contributed by atoms with Crippen LogP contribution in [0, 0.1) is 0 Å². The van der Waals surface area contributed by atoms with Gasteiger partial charge in [-0.25, -0.2) is 4.98 Å². The number of nitrogens with one attached hydrogen (secondary N) is 1. The fourth-order valence-corrected chi connectivity index (χ4v) is 2.79. The van der Waals surface area contributed by atoms with Gasteiger partial charge in [0.15, 0.2) is 0 Å². The molecule has 0 spiro atoms. The zero-order valence-electron chi connectivity index (χ0n) is 13.0. The number of benzene rings is 1. The number of methoxy groups -OCH3 is 1. The first-order chi connectivity index (χ1) is 11.3. The van der Waals surface area contributed by atoms with Crippen molar-refractivity contribution in [1.82, 2.24) is 20.1 Å². The number of amides is 1. The Morgan fingerprint density at radius 1 is 1.39 bits per heavy atom. The molecule has 0 saturated carbocycles. The largest absolute Gasteiger partial charge is 0.380 e. The summed E-state index contributed by atoms with van der Waals surface area (Å²) in [5.41, 5.74) is 1.04. The van der Waals surface area contributed by atoms with Gasteiger partial charge in [-0.15, -0.1) is 0 Å². The van der Waals surface area contributed by atoms with Crippen LogP contribution in [0.4, 0.5) is 0 Å². The zero-order valence-corrected chi connectivity index (χ0v) is 13.0. The van der Waals surface area contributed by atoms with Crippen molar-refractivity contribution >= 4 is 5.91 Å². The summed E-state index contributed by atoms with van der Waals surface area (Å²) in [5.74, 6) is 0.614. The van der Waals surface area contributed by atoms with Gasteiger partial charge in [0.25, 0.3) is 0 Å². The third kappa shape index (κ3) is 3.75. The number of carbonyl (C=O) groups excluding carboxylic acids is 1. The molecular weight excluding hydrogens is 296 g/mol. The van der Waals surface area contributed by atoms with E-state index < -0.39 is 0 Å². The number of aromatic nitrogens is 3. The number of nitrogens with zero attached hydrogens (tertiary/aromatic N) is 3. The van der Waals surface area contributed by atoms with Crippen LogP contribution in [0.15, 0.2) is 36.7 Å². The molecule has 2 atom stereocenters. The van der Waals surface area contributed by atoms with Gasteiger partial charge >= 0.3 is 0 Å². The first-order valence-corrected chi connectivity index (χ1v) is 7.57. The molecular formula is C16H20N4O3. The molecule has 1 aromatic heterocycles. The minimum Gasteiger partial charge on any atom is -0.380 e. The number of aromatic amines is 1. The van der Waals surface area contributed by atoms with Gasteiger partial charge in [0.2, 0.25) is 5.91 Å². The molecule has 122 valence electrons. The molecule has 7 heteroatoms. The highest BCUT2D eigenvalue weighted by molar-refractivity contribution is 5.78. The Hall–Kier alpha value is -2.25.